The van der Waals surface area contributed by atoms with Gasteiger partial charge in [0.15, 0.2) is 6.61 Å². The number of primary sulfonamides is 1. The Kier molecular flexibility index (Phi) is 6.55. The van der Waals surface area contributed by atoms with Gasteiger partial charge in [0.1, 0.15) is 0 Å². The van der Waals surface area contributed by atoms with Crippen molar-refractivity contribution in [2.24, 2.45) is 11.1 Å². The van der Waals surface area contributed by atoms with E-state index in [1.165, 1.54) is 12.1 Å². The molecule has 23 heavy (non-hydrogen) atoms. The Hall–Kier alpha value is -1.64. The van der Waals surface area contributed by atoms with Crippen LogP contribution in [0.3, 0.4) is 0 Å². The summed E-state index contributed by atoms with van der Waals surface area (Å²) in [7, 11) is -3.98. The zero-order valence-electron chi connectivity index (χ0n) is 13.0. The molecule has 0 saturated heterocycles. The van der Waals surface area contributed by atoms with Crippen LogP contribution >= 0.6 is 11.6 Å². The lowest BCUT2D eigenvalue weighted by Crippen LogP contribution is -2.38. The van der Waals surface area contributed by atoms with Crippen molar-refractivity contribution in [3.8, 4) is 0 Å². The van der Waals surface area contributed by atoms with Gasteiger partial charge in [-0.2, -0.15) is 0 Å². The lowest BCUT2D eigenvalue weighted by Gasteiger charge is -2.17. The van der Waals surface area contributed by atoms with Crippen LogP contribution in [0.5, 0.6) is 0 Å². The first kappa shape index (κ1) is 19.4. The summed E-state index contributed by atoms with van der Waals surface area (Å²) in [5, 5.41) is 7.66. The van der Waals surface area contributed by atoms with Crippen molar-refractivity contribution in [2.45, 2.75) is 31.7 Å². The number of carbonyl (C=O) groups excluding carboxylic acids is 2. The monoisotopic (exact) mass is 362 g/mol. The van der Waals surface area contributed by atoms with Crippen molar-refractivity contribution in [3.63, 3.8) is 0 Å². The van der Waals surface area contributed by atoms with Gasteiger partial charge in [0, 0.05) is 6.04 Å². The van der Waals surface area contributed by atoms with Crippen LogP contribution in [0.15, 0.2) is 23.1 Å². The van der Waals surface area contributed by atoms with Gasteiger partial charge >= 0.3 is 5.97 Å². The molecule has 0 aromatic heterocycles. The Labute approximate surface area is 140 Å². The minimum Gasteiger partial charge on any atom is -0.452 e. The number of rotatable bonds is 6. The first-order valence-corrected chi connectivity index (χ1v) is 8.73. The molecule has 0 aliphatic heterocycles. The van der Waals surface area contributed by atoms with Gasteiger partial charge in [-0.25, -0.2) is 18.4 Å². The molecule has 1 aromatic rings. The summed E-state index contributed by atoms with van der Waals surface area (Å²) in [5.41, 5.74) is -0.178. The molecule has 0 aliphatic rings. The molecular weight excluding hydrogens is 344 g/mol. The van der Waals surface area contributed by atoms with Crippen molar-refractivity contribution in [1.29, 1.82) is 0 Å². The third-order valence-corrected chi connectivity index (χ3v) is 4.45. The van der Waals surface area contributed by atoms with Crippen molar-refractivity contribution in [2.75, 3.05) is 6.61 Å². The molecule has 0 bridgehead atoms. The molecule has 1 rings (SSSR count). The van der Waals surface area contributed by atoms with Gasteiger partial charge in [-0.05, 0) is 31.0 Å². The molecule has 1 amide bonds. The molecule has 0 radical (unpaired) electrons. The fraction of sp³-hybridized carbons (Fsp3) is 0.429. The van der Waals surface area contributed by atoms with Crippen LogP contribution in [0, 0.1) is 5.92 Å². The summed E-state index contributed by atoms with van der Waals surface area (Å²) in [5.74, 6) is -1.14. The van der Waals surface area contributed by atoms with Crippen LogP contribution in [-0.4, -0.2) is 32.9 Å². The molecular formula is C14H19ClN2O5S. The number of sulfonamides is 1. The van der Waals surface area contributed by atoms with E-state index in [4.69, 9.17) is 21.5 Å². The average Bonchev–Trinajstić information content (AvgIpc) is 2.43. The number of amides is 1. The van der Waals surface area contributed by atoms with Gasteiger partial charge in [-0.1, -0.05) is 25.4 Å². The standard InChI is InChI=1S/C14H19ClN2O5S/c1-8(2)9(3)17-13(18)7-22-14(19)11-6-10(23(16,20)21)4-5-12(11)15/h4-6,8-9H,7H2,1-3H3,(H,17,18)(H2,16,20,21). The zero-order chi connectivity index (χ0) is 17.8. The van der Waals surface area contributed by atoms with E-state index < -0.39 is 28.5 Å². The highest BCUT2D eigenvalue weighted by Gasteiger charge is 2.18. The molecule has 9 heteroatoms. The quantitative estimate of drug-likeness (QED) is 0.740. The zero-order valence-corrected chi connectivity index (χ0v) is 14.6. The molecule has 3 N–H and O–H groups in total. The SMILES string of the molecule is CC(C)C(C)NC(=O)COC(=O)c1cc(S(N)(=O)=O)ccc1Cl. The minimum atomic E-state index is -3.98. The molecule has 1 unspecified atom stereocenters. The number of nitrogens with two attached hydrogens (primary N) is 1. The van der Waals surface area contributed by atoms with E-state index in [9.17, 15) is 18.0 Å². The third kappa shape index (κ3) is 5.81. The van der Waals surface area contributed by atoms with Crippen molar-refractivity contribution < 1.29 is 22.7 Å². The van der Waals surface area contributed by atoms with Crippen LogP contribution in [-0.2, 0) is 19.6 Å². The Morgan fingerprint density at radius 3 is 2.43 bits per heavy atom. The minimum absolute atomic E-state index is 0.00152. The fourth-order valence-electron chi connectivity index (χ4n) is 1.51. The van der Waals surface area contributed by atoms with E-state index in [0.29, 0.717) is 0 Å². The predicted octanol–water partition coefficient (Wildman–Crippen LogP) is 1.30. The first-order valence-electron chi connectivity index (χ1n) is 6.81. The lowest BCUT2D eigenvalue weighted by molar-refractivity contribution is -0.125. The summed E-state index contributed by atoms with van der Waals surface area (Å²) in [6, 6.07) is 3.33. The van der Waals surface area contributed by atoms with E-state index >= 15 is 0 Å². The number of esters is 1. The van der Waals surface area contributed by atoms with Gasteiger partial charge in [-0.15, -0.1) is 0 Å². The molecule has 128 valence electrons. The van der Waals surface area contributed by atoms with Gasteiger partial charge in [0.25, 0.3) is 5.91 Å². The second kappa shape index (κ2) is 7.76. The summed E-state index contributed by atoms with van der Waals surface area (Å²) in [4.78, 5) is 23.3. The Morgan fingerprint density at radius 2 is 1.91 bits per heavy atom. The molecule has 1 aromatic carbocycles. The normalized spacial score (nSPS) is 12.8. The number of ether oxygens (including phenoxy) is 1. The highest BCUT2D eigenvalue weighted by Crippen LogP contribution is 2.20. The number of benzene rings is 1. The molecule has 0 spiro atoms. The summed E-state index contributed by atoms with van der Waals surface area (Å²) >= 11 is 5.85. The predicted molar refractivity (Wildman–Crippen MR) is 85.6 cm³/mol. The maximum absolute atomic E-state index is 11.9. The van der Waals surface area contributed by atoms with Gasteiger partial charge in [0.2, 0.25) is 10.0 Å². The van der Waals surface area contributed by atoms with E-state index in [0.717, 1.165) is 6.07 Å². The number of hydrogen-bond acceptors (Lipinski definition) is 5. The van der Waals surface area contributed by atoms with Crippen LogP contribution < -0.4 is 10.5 Å². The largest absolute Gasteiger partial charge is 0.452 e. The van der Waals surface area contributed by atoms with E-state index in [1.807, 2.05) is 20.8 Å². The van der Waals surface area contributed by atoms with Crippen LogP contribution in [0.25, 0.3) is 0 Å². The van der Waals surface area contributed by atoms with Gasteiger partial charge in [-0.3, -0.25) is 4.79 Å². The highest BCUT2D eigenvalue weighted by molar-refractivity contribution is 7.89. The van der Waals surface area contributed by atoms with Crippen LogP contribution in [0.2, 0.25) is 5.02 Å². The van der Waals surface area contributed by atoms with Crippen molar-refractivity contribution >= 4 is 33.5 Å². The van der Waals surface area contributed by atoms with E-state index in [1.54, 1.807) is 0 Å². The summed E-state index contributed by atoms with van der Waals surface area (Å²) < 4.78 is 27.4. The number of hydrogen-bond donors (Lipinski definition) is 2. The van der Waals surface area contributed by atoms with Crippen molar-refractivity contribution in [1.82, 2.24) is 5.32 Å². The maximum atomic E-state index is 11.9. The Balaban J connectivity index is 2.77. The van der Waals surface area contributed by atoms with Gasteiger partial charge in [0.05, 0.1) is 15.5 Å². The average molecular weight is 363 g/mol. The lowest BCUT2D eigenvalue weighted by atomic mass is 10.1. The van der Waals surface area contributed by atoms with Crippen molar-refractivity contribution in [3.05, 3.63) is 28.8 Å². The topological polar surface area (TPSA) is 116 Å². The molecule has 0 heterocycles. The second-order valence-corrected chi connectivity index (χ2v) is 7.33. The fourth-order valence-corrected chi connectivity index (χ4v) is 2.24. The molecule has 0 fully saturated rings. The molecule has 7 nitrogen and oxygen atoms in total. The Morgan fingerprint density at radius 1 is 1.30 bits per heavy atom. The first-order chi connectivity index (χ1) is 10.5. The van der Waals surface area contributed by atoms with Crippen LogP contribution in [0.1, 0.15) is 31.1 Å². The smallest absolute Gasteiger partial charge is 0.340 e. The summed E-state index contributed by atoms with van der Waals surface area (Å²) in [6.07, 6.45) is 0. The number of nitrogens with one attached hydrogen (secondary N) is 1. The highest BCUT2D eigenvalue weighted by atomic mass is 35.5. The molecule has 1 atom stereocenters. The third-order valence-electron chi connectivity index (χ3n) is 3.21. The van der Waals surface area contributed by atoms with Crippen LogP contribution in [0.4, 0.5) is 0 Å². The molecule has 0 aliphatic carbocycles. The van der Waals surface area contributed by atoms with Gasteiger partial charge < -0.3 is 10.1 Å². The molecule has 0 saturated carbocycles. The number of halogens is 1. The second-order valence-electron chi connectivity index (χ2n) is 5.36. The maximum Gasteiger partial charge on any atom is 0.340 e. The summed E-state index contributed by atoms with van der Waals surface area (Å²) in [6.45, 7) is 5.22. The van der Waals surface area contributed by atoms with E-state index in [2.05, 4.69) is 5.32 Å². The Bertz CT molecular complexity index is 703. The van der Waals surface area contributed by atoms with E-state index in [-0.39, 0.29) is 27.4 Å². The number of carbonyl (C=O) groups is 2.